The maximum Gasteiger partial charge on any atom is 0.321 e. The maximum atomic E-state index is 12.2. The van der Waals surface area contributed by atoms with Crippen molar-refractivity contribution in [3.8, 4) is 0 Å². The first kappa shape index (κ1) is 17.6. The summed E-state index contributed by atoms with van der Waals surface area (Å²) in [5, 5.41) is -0.297. The van der Waals surface area contributed by atoms with Crippen molar-refractivity contribution in [2.75, 3.05) is 19.0 Å². The second-order valence-corrected chi connectivity index (χ2v) is 5.69. The minimum Gasteiger partial charge on any atom is -0.465 e. The van der Waals surface area contributed by atoms with Gasteiger partial charge in [0.25, 0.3) is 0 Å². The molecule has 0 saturated carbocycles. The van der Waals surface area contributed by atoms with Crippen molar-refractivity contribution in [2.45, 2.75) is 26.0 Å². The normalized spacial score (nSPS) is 12.0. The summed E-state index contributed by atoms with van der Waals surface area (Å²) in [7, 11) is 0. The molecule has 1 aromatic rings. The highest BCUT2D eigenvalue weighted by Gasteiger charge is 2.38. The maximum absolute atomic E-state index is 12.2. The summed E-state index contributed by atoms with van der Waals surface area (Å²) in [6, 6.07) is 9.52. The zero-order chi connectivity index (χ0) is 15.7. The Labute approximate surface area is 130 Å². The van der Waals surface area contributed by atoms with Gasteiger partial charge < -0.3 is 9.47 Å². The molecule has 0 aliphatic heterocycles. The van der Waals surface area contributed by atoms with E-state index in [1.54, 1.807) is 25.6 Å². The molecule has 0 saturated heterocycles. The van der Waals surface area contributed by atoms with Crippen LogP contribution >= 0.6 is 11.8 Å². The van der Waals surface area contributed by atoms with Gasteiger partial charge in [0.05, 0.1) is 18.5 Å². The van der Waals surface area contributed by atoms with E-state index >= 15 is 0 Å². The number of benzene rings is 1. The standard InChI is InChI=1S/C16H22O4S/c1-4-19-15(17)13(16(18)20-5-2)14(21-6-3)12-10-8-7-9-11-12/h7-11,13-14H,4-6H2,1-3H3. The van der Waals surface area contributed by atoms with Gasteiger partial charge in [0, 0.05) is 0 Å². The van der Waals surface area contributed by atoms with Crippen molar-refractivity contribution in [3.05, 3.63) is 35.9 Å². The number of rotatable bonds is 8. The molecule has 1 unspecified atom stereocenters. The van der Waals surface area contributed by atoms with Crippen molar-refractivity contribution < 1.29 is 19.1 Å². The lowest BCUT2D eigenvalue weighted by Crippen LogP contribution is -2.32. The molecule has 0 aliphatic rings. The Balaban J connectivity index is 3.11. The van der Waals surface area contributed by atoms with Gasteiger partial charge in [-0.1, -0.05) is 37.3 Å². The van der Waals surface area contributed by atoms with Crippen LogP contribution in [0.15, 0.2) is 30.3 Å². The van der Waals surface area contributed by atoms with Crippen LogP contribution in [0, 0.1) is 5.92 Å². The predicted octanol–water partition coefficient (Wildman–Crippen LogP) is 3.22. The van der Waals surface area contributed by atoms with Gasteiger partial charge in [-0.3, -0.25) is 9.59 Å². The smallest absolute Gasteiger partial charge is 0.321 e. The molecule has 21 heavy (non-hydrogen) atoms. The Kier molecular flexibility index (Phi) is 7.90. The summed E-state index contributed by atoms with van der Waals surface area (Å²) >= 11 is 1.54. The molecule has 0 amide bonds. The Morgan fingerprint density at radius 3 is 1.95 bits per heavy atom. The van der Waals surface area contributed by atoms with Crippen LogP contribution in [0.2, 0.25) is 0 Å². The molecule has 0 spiro atoms. The topological polar surface area (TPSA) is 52.6 Å². The van der Waals surface area contributed by atoms with Crippen LogP contribution in [0.3, 0.4) is 0 Å². The van der Waals surface area contributed by atoms with E-state index in [2.05, 4.69) is 0 Å². The van der Waals surface area contributed by atoms with Crippen LogP contribution in [0.25, 0.3) is 0 Å². The van der Waals surface area contributed by atoms with Crippen molar-refractivity contribution in [3.63, 3.8) is 0 Å². The highest BCUT2D eigenvalue weighted by atomic mass is 32.2. The highest BCUT2D eigenvalue weighted by molar-refractivity contribution is 7.99. The van der Waals surface area contributed by atoms with Gasteiger partial charge in [-0.25, -0.2) is 0 Å². The van der Waals surface area contributed by atoms with Gasteiger partial charge in [-0.05, 0) is 25.2 Å². The zero-order valence-corrected chi connectivity index (χ0v) is 13.5. The Hall–Kier alpha value is -1.49. The molecule has 0 bridgehead atoms. The number of thioether (sulfide) groups is 1. The van der Waals surface area contributed by atoms with Gasteiger partial charge in [-0.2, -0.15) is 11.8 Å². The minimum absolute atomic E-state index is 0.243. The third-order valence-corrected chi connectivity index (χ3v) is 4.09. The van der Waals surface area contributed by atoms with Gasteiger partial charge in [0.1, 0.15) is 0 Å². The number of ether oxygens (including phenoxy) is 2. The molecular formula is C16H22O4S. The van der Waals surface area contributed by atoms with Crippen LogP contribution in [0.1, 0.15) is 31.6 Å². The number of esters is 2. The summed E-state index contributed by atoms with van der Waals surface area (Å²) in [6.45, 7) is 5.93. The fourth-order valence-corrected chi connectivity index (χ4v) is 3.14. The first-order valence-electron chi connectivity index (χ1n) is 7.15. The molecule has 1 atom stereocenters. The van der Waals surface area contributed by atoms with E-state index in [0.29, 0.717) is 0 Å². The lowest BCUT2D eigenvalue weighted by Gasteiger charge is -2.23. The number of hydrogen-bond donors (Lipinski definition) is 0. The first-order valence-corrected chi connectivity index (χ1v) is 8.20. The Morgan fingerprint density at radius 1 is 1.00 bits per heavy atom. The summed E-state index contributed by atoms with van der Waals surface area (Å²) in [5.41, 5.74) is 0.926. The molecular weight excluding hydrogens is 288 g/mol. The summed E-state index contributed by atoms with van der Waals surface area (Å²) in [6.07, 6.45) is 0. The van der Waals surface area contributed by atoms with E-state index in [9.17, 15) is 9.59 Å². The lowest BCUT2D eigenvalue weighted by molar-refractivity contribution is -0.161. The van der Waals surface area contributed by atoms with E-state index in [0.717, 1.165) is 11.3 Å². The van der Waals surface area contributed by atoms with Crippen molar-refractivity contribution in [1.29, 1.82) is 0 Å². The second kappa shape index (κ2) is 9.45. The molecule has 116 valence electrons. The predicted molar refractivity (Wildman–Crippen MR) is 84.1 cm³/mol. The van der Waals surface area contributed by atoms with Crippen molar-refractivity contribution in [1.82, 2.24) is 0 Å². The van der Waals surface area contributed by atoms with E-state index in [-0.39, 0.29) is 18.5 Å². The molecule has 1 rings (SSSR count). The third kappa shape index (κ3) is 5.08. The van der Waals surface area contributed by atoms with Gasteiger partial charge in [0.15, 0.2) is 5.92 Å². The SMILES string of the molecule is CCOC(=O)C(C(=O)OCC)C(SCC)c1ccccc1. The highest BCUT2D eigenvalue weighted by Crippen LogP contribution is 2.37. The van der Waals surface area contributed by atoms with Crippen LogP contribution < -0.4 is 0 Å². The van der Waals surface area contributed by atoms with Gasteiger partial charge in [0.2, 0.25) is 0 Å². The molecule has 1 aromatic carbocycles. The number of carbonyl (C=O) groups is 2. The first-order chi connectivity index (χ1) is 10.2. The van der Waals surface area contributed by atoms with Gasteiger partial charge in [-0.15, -0.1) is 0 Å². The average Bonchev–Trinajstić information content (AvgIpc) is 2.48. The Bertz CT molecular complexity index is 429. The molecule has 0 heterocycles. The lowest BCUT2D eigenvalue weighted by atomic mass is 9.98. The second-order valence-electron chi connectivity index (χ2n) is 4.27. The average molecular weight is 310 g/mol. The van der Waals surface area contributed by atoms with Crippen LogP contribution in [0.5, 0.6) is 0 Å². The quantitative estimate of drug-likeness (QED) is 0.545. The van der Waals surface area contributed by atoms with E-state index < -0.39 is 17.9 Å². The van der Waals surface area contributed by atoms with Crippen molar-refractivity contribution >= 4 is 23.7 Å². The monoisotopic (exact) mass is 310 g/mol. The zero-order valence-electron chi connectivity index (χ0n) is 12.7. The number of carbonyl (C=O) groups excluding carboxylic acids is 2. The molecule has 0 N–H and O–H groups in total. The molecule has 0 aromatic heterocycles. The van der Waals surface area contributed by atoms with Crippen LogP contribution in [-0.4, -0.2) is 30.9 Å². The van der Waals surface area contributed by atoms with Gasteiger partial charge >= 0.3 is 11.9 Å². The van der Waals surface area contributed by atoms with E-state index in [1.165, 1.54) is 0 Å². The largest absolute Gasteiger partial charge is 0.465 e. The van der Waals surface area contributed by atoms with Crippen molar-refractivity contribution in [2.24, 2.45) is 5.92 Å². The molecule has 0 aliphatic carbocycles. The molecule has 0 radical (unpaired) electrons. The fraction of sp³-hybridized carbons (Fsp3) is 0.500. The third-order valence-electron chi connectivity index (χ3n) is 2.86. The minimum atomic E-state index is -0.933. The van der Waals surface area contributed by atoms with E-state index in [1.807, 2.05) is 37.3 Å². The summed E-state index contributed by atoms with van der Waals surface area (Å²) in [4.78, 5) is 24.4. The molecule has 0 fully saturated rings. The fourth-order valence-electron chi connectivity index (χ4n) is 2.01. The summed E-state index contributed by atoms with van der Waals surface area (Å²) in [5.74, 6) is -1.19. The van der Waals surface area contributed by atoms with Crippen LogP contribution in [-0.2, 0) is 19.1 Å². The Morgan fingerprint density at radius 2 is 1.52 bits per heavy atom. The molecule has 5 heteroatoms. The van der Waals surface area contributed by atoms with E-state index in [4.69, 9.17) is 9.47 Å². The number of hydrogen-bond acceptors (Lipinski definition) is 5. The van der Waals surface area contributed by atoms with Crippen LogP contribution in [0.4, 0.5) is 0 Å². The molecule has 4 nitrogen and oxygen atoms in total. The summed E-state index contributed by atoms with van der Waals surface area (Å²) < 4.78 is 10.1.